The first-order chi connectivity index (χ1) is 13.5. The van der Waals surface area contributed by atoms with Crippen LogP contribution >= 0.6 is 0 Å². The highest BCUT2D eigenvalue weighted by atomic mass is 19.1. The summed E-state index contributed by atoms with van der Waals surface area (Å²) in [6.07, 6.45) is 0.723. The average molecular weight is 378 g/mol. The first-order valence-corrected chi connectivity index (χ1v) is 9.14. The van der Waals surface area contributed by atoms with Crippen molar-refractivity contribution in [3.63, 3.8) is 0 Å². The lowest BCUT2D eigenvalue weighted by Gasteiger charge is -2.17. The maximum absolute atomic E-state index is 13.0. The standard InChI is InChI=1S/C22H23FN4O/c1-16-25-20(22(28)27(2)15-18-6-4-3-5-7-18)14-21(26-16)24-13-12-17-8-10-19(23)11-9-17/h3-11,14H,12-13,15H2,1-2H3,(H,24,25,26). The van der Waals surface area contributed by atoms with Crippen molar-refractivity contribution < 1.29 is 9.18 Å². The van der Waals surface area contributed by atoms with Crippen LogP contribution in [0, 0.1) is 12.7 Å². The minimum absolute atomic E-state index is 0.157. The summed E-state index contributed by atoms with van der Waals surface area (Å²) in [5, 5.41) is 3.22. The molecule has 0 fully saturated rings. The van der Waals surface area contributed by atoms with E-state index >= 15 is 0 Å². The van der Waals surface area contributed by atoms with Gasteiger partial charge < -0.3 is 10.2 Å². The van der Waals surface area contributed by atoms with Gasteiger partial charge in [0.25, 0.3) is 5.91 Å². The molecule has 0 aliphatic heterocycles. The molecule has 0 bridgehead atoms. The van der Waals surface area contributed by atoms with Gasteiger partial charge in [-0.15, -0.1) is 0 Å². The number of hydrogen-bond acceptors (Lipinski definition) is 4. The molecule has 3 rings (SSSR count). The first kappa shape index (κ1) is 19.5. The number of nitrogens with one attached hydrogen (secondary N) is 1. The molecule has 28 heavy (non-hydrogen) atoms. The number of aryl methyl sites for hydroxylation is 1. The monoisotopic (exact) mass is 378 g/mol. The third-order valence-electron chi connectivity index (χ3n) is 4.30. The zero-order chi connectivity index (χ0) is 19.9. The lowest BCUT2D eigenvalue weighted by Crippen LogP contribution is -2.27. The van der Waals surface area contributed by atoms with Crippen LogP contribution in [-0.2, 0) is 13.0 Å². The van der Waals surface area contributed by atoms with Crippen LogP contribution in [0.3, 0.4) is 0 Å². The fourth-order valence-electron chi connectivity index (χ4n) is 2.88. The molecule has 0 aliphatic carbocycles. The van der Waals surface area contributed by atoms with Crippen molar-refractivity contribution in [1.29, 1.82) is 0 Å². The van der Waals surface area contributed by atoms with Gasteiger partial charge >= 0.3 is 0 Å². The number of carbonyl (C=O) groups is 1. The van der Waals surface area contributed by atoms with Gasteiger partial charge in [0.1, 0.15) is 23.2 Å². The van der Waals surface area contributed by atoms with E-state index in [1.165, 1.54) is 12.1 Å². The Balaban J connectivity index is 1.63. The van der Waals surface area contributed by atoms with Gasteiger partial charge in [-0.1, -0.05) is 42.5 Å². The topological polar surface area (TPSA) is 58.1 Å². The van der Waals surface area contributed by atoms with Gasteiger partial charge in [0.15, 0.2) is 0 Å². The normalized spacial score (nSPS) is 10.5. The second-order valence-corrected chi connectivity index (χ2v) is 6.64. The third kappa shape index (κ3) is 5.36. The van der Waals surface area contributed by atoms with Crippen LogP contribution in [0.5, 0.6) is 0 Å². The summed E-state index contributed by atoms with van der Waals surface area (Å²) in [4.78, 5) is 23.0. The highest BCUT2D eigenvalue weighted by Crippen LogP contribution is 2.12. The molecule has 2 aromatic carbocycles. The highest BCUT2D eigenvalue weighted by molar-refractivity contribution is 5.92. The molecule has 1 N–H and O–H groups in total. The lowest BCUT2D eigenvalue weighted by molar-refractivity contribution is 0.0779. The summed E-state index contributed by atoms with van der Waals surface area (Å²) in [6.45, 7) is 2.89. The van der Waals surface area contributed by atoms with Gasteiger partial charge in [-0.25, -0.2) is 14.4 Å². The lowest BCUT2D eigenvalue weighted by atomic mass is 10.1. The summed E-state index contributed by atoms with van der Waals surface area (Å²) in [5.74, 6) is 0.733. The number of aromatic nitrogens is 2. The fourth-order valence-corrected chi connectivity index (χ4v) is 2.88. The zero-order valence-corrected chi connectivity index (χ0v) is 16.0. The number of amides is 1. The Labute approximate surface area is 164 Å². The van der Waals surface area contributed by atoms with Crippen molar-refractivity contribution in [2.75, 3.05) is 18.9 Å². The average Bonchev–Trinajstić information content (AvgIpc) is 2.69. The van der Waals surface area contributed by atoms with Gasteiger partial charge in [0.05, 0.1) is 0 Å². The van der Waals surface area contributed by atoms with E-state index in [0.29, 0.717) is 30.4 Å². The summed E-state index contributed by atoms with van der Waals surface area (Å²) in [6, 6.07) is 17.9. The van der Waals surface area contributed by atoms with E-state index in [4.69, 9.17) is 0 Å². The van der Waals surface area contributed by atoms with Crippen LogP contribution in [0.25, 0.3) is 0 Å². The highest BCUT2D eigenvalue weighted by Gasteiger charge is 2.15. The van der Waals surface area contributed by atoms with E-state index in [-0.39, 0.29) is 11.7 Å². The number of halogens is 1. The second kappa shape index (κ2) is 9.08. The van der Waals surface area contributed by atoms with Crippen LogP contribution in [0.4, 0.5) is 10.2 Å². The zero-order valence-electron chi connectivity index (χ0n) is 16.0. The summed E-state index contributed by atoms with van der Waals surface area (Å²) in [5.41, 5.74) is 2.44. The molecule has 0 atom stereocenters. The summed E-state index contributed by atoms with van der Waals surface area (Å²) < 4.78 is 13.0. The van der Waals surface area contributed by atoms with E-state index in [2.05, 4.69) is 15.3 Å². The Morgan fingerprint density at radius 2 is 1.75 bits per heavy atom. The molecule has 1 aromatic heterocycles. The van der Waals surface area contributed by atoms with E-state index < -0.39 is 0 Å². The van der Waals surface area contributed by atoms with E-state index in [1.54, 1.807) is 37.1 Å². The number of carbonyl (C=O) groups excluding carboxylic acids is 1. The van der Waals surface area contributed by atoms with Crippen LogP contribution < -0.4 is 5.32 Å². The smallest absolute Gasteiger partial charge is 0.272 e. The molecule has 1 heterocycles. The Kier molecular flexibility index (Phi) is 6.32. The minimum atomic E-state index is -0.245. The minimum Gasteiger partial charge on any atom is -0.370 e. The van der Waals surface area contributed by atoms with E-state index in [1.807, 2.05) is 30.3 Å². The predicted molar refractivity (Wildman–Crippen MR) is 108 cm³/mol. The van der Waals surface area contributed by atoms with E-state index in [0.717, 1.165) is 17.5 Å². The van der Waals surface area contributed by atoms with Crippen molar-refractivity contribution in [3.8, 4) is 0 Å². The second-order valence-electron chi connectivity index (χ2n) is 6.64. The molecule has 144 valence electrons. The molecule has 5 nitrogen and oxygen atoms in total. The maximum atomic E-state index is 13.0. The summed E-state index contributed by atoms with van der Waals surface area (Å²) >= 11 is 0. The Bertz CT molecular complexity index is 929. The Hall–Kier alpha value is -3.28. The first-order valence-electron chi connectivity index (χ1n) is 9.14. The number of nitrogens with zero attached hydrogens (tertiary/aromatic N) is 3. The molecule has 0 spiro atoms. The van der Waals surface area contributed by atoms with Gasteiger partial charge in [0.2, 0.25) is 0 Å². The van der Waals surface area contributed by atoms with Crippen molar-refractivity contribution >= 4 is 11.7 Å². The molecule has 1 amide bonds. The third-order valence-corrected chi connectivity index (χ3v) is 4.30. The van der Waals surface area contributed by atoms with Crippen LogP contribution in [0.15, 0.2) is 60.7 Å². The van der Waals surface area contributed by atoms with Crippen LogP contribution in [-0.4, -0.2) is 34.4 Å². The molecule has 0 saturated heterocycles. The van der Waals surface area contributed by atoms with Crippen molar-refractivity contribution in [2.45, 2.75) is 19.9 Å². The quantitative estimate of drug-likeness (QED) is 0.678. The van der Waals surface area contributed by atoms with Gasteiger partial charge in [0, 0.05) is 26.2 Å². The predicted octanol–water partition coefficient (Wildman–Crippen LogP) is 3.85. The summed E-state index contributed by atoms with van der Waals surface area (Å²) in [7, 11) is 1.76. The molecule has 0 radical (unpaired) electrons. The van der Waals surface area contributed by atoms with Crippen LogP contribution in [0.2, 0.25) is 0 Å². The van der Waals surface area contributed by atoms with Crippen molar-refractivity contribution in [1.82, 2.24) is 14.9 Å². The van der Waals surface area contributed by atoms with Gasteiger partial charge in [-0.2, -0.15) is 0 Å². The Morgan fingerprint density at radius 1 is 1.04 bits per heavy atom. The molecule has 0 aliphatic rings. The molecule has 0 unspecified atom stereocenters. The number of anilines is 1. The van der Waals surface area contributed by atoms with Crippen LogP contribution in [0.1, 0.15) is 27.4 Å². The molecule has 6 heteroatoms. The van der Waals surface area contributed by atoms with Crippen molar-refractivity contribution in [2.24, 2.45) is 0 Å². The number of benzene rings is 2. The van der Waals surface area contributed by atoms with Gasteiger partial charge in [-0.3, -0.25) is 4.79 Å². The maximum Gasteiger partial charge on any atom is 0.272 e. The number of hydrogen-bond donors (Lipinski definition) is 1. The number of rotatable bonds is 7. The Morgan fingerprint density at radius 3 is 2.46 bits per heavy atom. The molecular weight excluding hydrogens is 355 g/mol. The fraction of sp³-hybridized carbons (Fsp3) is 0.227. The largest absolute Gasteiger partial charge is 0.370 e. The SMILES string of the molecule is Cc1nc(NCCc2ccc(F)cc2)cc(C(=O)N(C)Cc2ccccc2)n1. The van der Waals surface area contributed by atoms with E-state index in [9.17, 15) is 9.18 Å². The molecule has 0 saturated carbocycles. The molecule has 3 aromatic rings. The van der Waals surface area contributed by atoms with Crippen molar-refractivity contribution in [3.05, 3.63) is 89.1 Å². The van der Waals surface area contributed by atoms with Gasteiger partial charge in [-0.05, 0) is 36.6 Å². The molecular formula is C22H23FN4O.